The Hall–Kier alpha value is 0.110. The first kappa shape index (κ1) is 14.1. The van der Waals surface area contributed by atoms with Gasteiger partial charge in [-0.25, -0.2) is 0 Å². The average Bonchev–Trinajstić information content (AvgIpc) is 2.21. The van der Waals surface area contributed by atoms with E-state index in [9.17, 15) is 4.79 Å². The highest BCUT2D eigenvalue weighted by molar-refractivity contribution is 7.98. The van der Waals surface area contributed by atoms with Crippen molar-refractivity contribution in [3.8, 4) is 0 Å². The van der Waals surface area contributed by atoms with Crippen molar-refractivity contribution in [2.75, 3.05) is 24.4 Å². The van der Waals surface area contributed by atoms with Gasteiger partial charge in [0.05, 0.1) is 0 Å². The van der Waals surface area contributed by atoms with Crippen molar-refractivity contribution in [2.45, 2.75) is 26.2 Å². The highest BCUT2D eigenvalue weighted by atomic mass is 35.5. The van der Waals surface area contributed by atoms with E-state index in [0.29, 0.717) is 5.88 Å². The molecule has 0 bridgehead atoms. The van der Waals surface area contributed by atoms with Crippen molar-refractivity contribution in [3.05, 3.63) is 0 Å². The number of thioether (sulfide) groups is 1. The van der Waals surface area contributed by atoms with Crippen molar-refractivity contribution < 1.29 is 4.79 Å². The standard InChI is InChI=1S/C10H20ClNOS/c1-9(8-11)10(13)12-6-4-3-5-7-14-2/h9H,3-8H2,1-2H3,(H,12,13). The lowest BCUT2D eigenvalue weighted by molar-refractivity contribution is -0.123. The van der Waals surface area contributed by atoms with Crippen molar-refractivity contribution in [1.29, 1.82) is 0 Å². The molecule has 0 saturated heterocycles. The molecule has 0 aromatic heterocycles. The van der Waals surface area contributed by atoms with Crippen LogP contribution in [-0.4, -0.2) is 30.3 Å². The zero-order valence-electron chi connectivity index (χ0n) is 9.01. The fourth-order valence-electron chi connectivity index (χ4n) is 1.00. The van der Waals surface area contributed by atoms with Crippen LogP contribution in [0.2, 0.25) is 0 Å². The Kier molecular flexibility index (Phi) is 9.73. The summed E-state index contributed by atoms with van der Waals surface area (Å²) in [5, 5.41) is 2.88. The lowest BCUT2D eigenvalue weighted by atomic mass is 10.2. The molecule has 84 valence electrons. The summed E-state index contributed by atoms with van der Waals surface area (Å²) in [6.07, 6.45) is 5.61. The first-order valence-electron chi connectivity index (χ1n) is 5.05. The Morgan fingerprint density at radius 2 is 2.14 bits per heavy atom. The van der Waals surface area contributed by atoms with E-state index < -0.39 is 0 Å². The summed E-state index contributed by atoms with van der Waals surface area (Å²) in [6, 6.07) is 0. The summed E-state index contributed by atoms with van der Waals surface area (Å²) >= 11 is 7.43. The van der Waals surface area contributed by atoms with Gasteiger partial charge >= 0.3 is 0 Å². The van der Waals surface area contributed by atoms with Gasteiger partial charge in [0, 0.05) is 18.3 Å². The number of carbonyl (C=O) groups is 1. The van der Waals surface area contributed by atoms with Crippen molar-refractivity contribution in [3.63, 3.8) is 0 Å². The van der Waals surface area contributed by atoms with E-state index in [0.717, 1.165) is 13.0 Å². The molecule has 0 heterocycles. The number of amides is 1. The van der Waals surface area contributed by atoms with Gasteiger partial charge in [-0.1, -0.05) is 13.3 Å². The summed E-state index contributed by atoms with van der Waals surface area (Å²) < 4.78 is 0. The Morgan fingerprint density at radius 1 is 1.43 bits per heavy atom. The minimum atomic E-state index is -0.0668. The number of nitrogens with one attached hydrogen (secondary N) is 1. The molecule has 0 radical (unpaired) electrons. The number of unbranched alkanes of at least 4 members (excludes halogenated alkanes) is 2. The van der Waals surface area contributed by atoms with Crippen LogP contribution in [0.3, 0.4) is 0 Å². The van der Waals surface area contributed by atoms with Crippen LogP contribution in [0.25, 0.3) is 0 Å². The maximum Gasteiger partial charge on any atom is 0.224 e. The molecule has 0 aliphatic rings. The summed E-state index contributed by atoms with van der Waals surface area (Å²) in [5.41, 5.74) is 0. The molecular weight excluding hydrogens is 218 g/mol. The Bertz CT molecular complexity index is 155. The number of alkyl halides is 1. The van der Waals surface area contributed by atoms with Gasteiger partial charge in [-0.05, 0) is 24.9 Å². The Labute approximate surface area is 96.2 Å². The van der Waals surface area contributed by atoms with E-state index in [-0.39, 0.29) is 11.8 Å². The van der Waals surface area contributed by atoms with E-state index >= 15 is 0 Å². The van der Waals surface area contributed by atoms with Crippen molar-refractivity contribution in [1.82, 2.24) is 5.32 Å². The largest absolute Gasteiger partial charge is 0.356 e. The molecule has 0 aromatic carbocycles. The summed E-state index contributed by atoms with van der Waals surface area (Å²) in [4.78, 5) is 11.3. The summed E-state index contributed by atoms with van der Waals surface area (Å²) in [7, 11) is 0. The van der Waals surface area contributed by atoms with Gasteiger partial charge in [0.15, 0.2) is 0 Å². The predicted molar refractivity (Wildman–Crippen MR) is 65.1 cm³/mol. The van der Waals surface area contributed by atoms with Crippen LogP contribution in [-0.2, 0) is 4.79 Å². The summed E-state index contributed by atoms with van der Waals surface area (Å²) in [5.74, 6) is 1.62. The second-order valence-electron chi connectivity index (χ2n) is 3.40. The SMILES string of the molecule is CSCCCCCNC(=O)C(C)CCl. The van der Waals surface area contributed by atoms with Crippen LogP contribution < -0.4 is 5.32 Å². The third kappa shape index (κ3) is 7.51. The van der Waals surface area contributed by atoms with E-state index in [2.05, 4.69) is 11.6 Å². The molecule has 4 heteroatoms. The third-order valence-electron chi connectivity index (χ3n) is 2.00. The maximum absolute atomic E-state index is 11.3. The van der Waals surface area contributed by atoms with Gasteiger partial charge in [0.25, 0.3) is 0 Å². The van der Waals surface area contributed by atoms with Crippen LogP contribution in [0.15, 0.2) is 0 Å². The minimum absolute atomic E-state index is 0.0668. The van der Waals surface area contributed by atoms with Crippen LogP contribution in [0.1, 0.15) is 26.2 Å². The van der Waals surface area contributed by atoms with Gasteiger partial charge in [-0.15, -0.1) is 11.6 Å². The van der Waals surface area contributed by atoms with Crippen LogP contribution >= 0.6 is 23.4 Å². The number of hydrogen-bond donors (Lipinski definition) is 1. The molecule has 1 N–H and O–H groups in total. The van der Waals surface area contributed by atoms with Crippen molar-refractivity contribution in [2.24, 2.45) is 5.92 Å². The molecular formula is C10H20ClNOS. The monoisotopic (exact) mass is 237 g/mol. The molecule has 0 fully saturated rings. The molecule has 1 unspecified atom stereocenters. The van der Waals surface area contributed by atoms with E-state index in [1.165, 1.54) is 18.6 Å². The molecule has 0 aromatic rings. The first-order valence-corrected chi connectivity index (χ1v) is 6.97. The summed E-state index contributed by atoms with van der Waals surface area (Å²) in [6.45, 7) is 2.63. The molecule has 1 amide bonds. The van der Waals surface area contributed by atoms with Gasteiger partial charge < -0.3 is 5.32 Å². The number of carbonyl (C=O) groups excluding carboxylic acids is 1. The quantitative estimate of drug-likeness (QED) is 0.519. The molecule has 2 nitrogen and oxygen atoms in total. The van der Waals surface area contributed by atoms with E-state index in [1.807, 2.05) is 18.7 Å². The second-order valence-corrected chi connectivity index (χ2v) is 4.69. The zero-order chi connectivity index (χ0) is 10.8. The highest BCUT2D eigenvalue weighted by Crippen LogP contribution is 2.02. The zero-order valence-corrected chi connectivity index (χ0v) is 10.6. The van der Waals surface area contributed by atoms with Crippen molar-refractivity contribution >= 4 is 29.3 Å². The third-order valence-corrected chi connectivity index (χ3v) is 3.16. The number of hydrogen-bond acceptors (Lipinski definition) is 2. The number of halogens is 1. The molecule has 1 atom stereocenters. The van der Waals surface area contributed by atoms with Crippen LogP contribution in [0.4, 0.5) is 0 Å². The smallest absolute Gasteiger partial charge is 0.224 e. The highest BCUT2D eigenvalue weighted by Gasteiger charge is 2.09. The fraction of sp³-hybridized carbons (Fsp3) is 0.900. The van der Waals surface area contributed by atoms with Gasteiger partial charge in [-0.2, -0.15) is 11.8 Å². The maximum atomic E-state index is 11.3. The first-order chi connectivity index (χ1) is 6.72. The van der Waals surface area contributed by atoms with Gasteiger partial charge in [0.1, 0.15) is 0 Å². The van der Waals surface area contributed by atoms with Gasteiger partial charge in [0.2, 0.25) is 5.91 Å². The Morgan fingerprint density at radius 3 is 2.71 bits per heavy atom. The molecule has 14 heavy (non-hydrogen) atoms. The second kappa shape index (κ2) is 9.66. The van der Waals surface area contributed by atoms with E-state index in [1.54, 1.807) is 0 Å². The molecule has 0 rings (SSSR count). The molecule has 0 saturated carbocycles. The molecule has 0 aliphatic heterocycles. The van der Waals surface area contributed by atoms with E-state index in [4.69, 9.17) is 11.6 Å². The van der Waals surface area contributed by atoms with Crippen LogP contribution in [0.5, 0.6) is 0 Å². The topological polar surface area (TPSA) is 29.1 Å². The number of rotatable bonds is 8. The minimum Gasteiger partial charge on any atom is -0.356 e. The average molecular weight is 238 g/mol. The normalized spacial score (nSPS) is 12.5. The Balaban J connectivity index is 3.23. The van der Waals surface area contributed by atoms with Crippen LogP contribution in [0, 0.1) is 5.92 Å². The molecule has 0 spiro atoms. The lowest BCUT2D eigenvalue weighted by Crippen LogP contribution is -2.30. The fourth-order valence-corrected chi connectivity index (χ4v) is 1.64. The molecule has 0 aliphatic carbocycles. The van der Waals surface area contributed by atoms with Gasteiger partial charge in [-0.3, -0.25) is 4.79 Å². The predicted octanol–water partition coefficient (Wildman–Crippen LogP) is 2.51. The lowest BCUT2D eigenvalue weighted by Gasteiger charge is -2.08.